The summed E-state index contributed by atoms with van der Waals surface area (Å²) >= 11 is 0. The molecule has 1 aromatic heterocycles. The Hall–Kier alpha value is -2.18. The molecule has 2 heterocycles. The van der Waals surface area contributed by atoms with E-state index in [1.807, 2.05) is 18.2 Å². The van der Waals surface area contributed by atoms with E-state index in [0.29, 0.717) is 24.0 Å². The van der Waals surface area contributed by atoms with Crippen molar-refractivity contribution in [1.82, 2.24) is 20.3 Å². The van der Waals surface area contributed by atoms with Gasteiger partial charge in [-0.2, -0.15) is 0 Å². The van der Waals surface area contributed by atoms with Crippen molar-refractivity contribution < 1.29 is 9.32 Å². The Labute approximate surface area is 155 Å². The molecule has 3 rings (SSSR count). The first kappa shape index (κ1) is 18.6. The highest BCUT2D eigenvalue weighted by molar-refractivity contribution is 5.93. The predicted molar refractivity (Wildman–Crippen MR) is 102 cm³/mol. The molecule has 1 aromatic carbocycles. The topological polar surface area (TPSA) is 61.6 Å². The van der Waals surface area contributed by atoms with Crippen LogP contribution in [0.3, 0.4) is 0 Å². The molecule has 1 fully saturated rings. The molecule has 1 aliphatic heterocycles. The van der Waals surface area contributed by atoms with Gasteiger partial charge >= 0.3 is 0 Å². The maximum atomic E-state index is 12.4. The highest BCUT2D eigenvalue weighted by Gasteiger charge is 2.20. The van der Waals surface area contributed by atoms with Crippen LogP contribution in [-0.4, -0.2) is 66.7 Å². The van der Waals surface area contributed by atoms with E-state index in [9.17, 15) is 4.79 Å². The summed E-state index contributed by atoms with van der Waals surface area (Å²) in [7, 11) is 2.14. The van der Waals surface area contributed by atoms with Crippen LogP contribution in [0.2, 0.25) is 0 Å². The van der Waals surface area contributed by atoms with E-state index in [-0.39, 0.29) is 5.91 Å². The summed E-state index contributed by atoms with van der Waals surface area (Å²) in [6.07, 6.45) is 0. The summed E-state index contributed by atoms with van der Waals surface area (Å²) in [6.45, 7) is 11.1. The highest BCUT2D eigenvalue weighted by Crippen LogP contribution is 2.23. The van der Waals surface area contributed by atoms with Gasteiger partial charge in [0.05, 0.1) is 0 Å². The first-order chi connectivity index (χ1) is 12.4. The lowest BCUT2D eigenvalue weighted by molar-refractivity contribution is 0.0895. The molecule has 1 atom stereocenters. The van der Waals surface area contributed by atoms with Crippen molar-refractivity contribution in [2.75, 3.05) is 39.8 Å². The van der Waals surface area contributed by atoms with Crippen LogP contribution in [0.15, 0.2) is 28.8 Å². The van der Waals surface area contributed by atoms with Gasteiger partial charge in [0.25, 0.3) is 5.91 Å². The van der Waals surface area contributed by atoms with Gasteiger partial charge in [0, 0.05) is 50.4 Å². The van der Waals surface area contributed by atoms with Crippen molar-refractivity contribution in [2.45, 2.75) is 26.8 Å². The number of nitrogens with one attached hydrogen (secondary N) is 1. The van der Waals surface area contributed by atoms with E-state index >= 15 is 0 Å². The fourth-order valence-electron chi connectivity index (χ4n) is 3.14. The van der Waals surface area contributed by atoms with Gasteiger partial charge in [-0.1, -0.05) is 17.3 Å². The maximum absolute atomic E-state index is 12.4. The molecule has 0 radical (unpaired) electrons. The summed E-state index contributed by atoms with van der Waals surface area (Å²) in [6, 6.07) is 8.09. The van der Waals surface area contributed by atoms with Crippen LogP contribution < -0.4 is 5.32 Å². The van der Waals surface area contributed by atoms with Crippen LogP contribution in [0.4, 0.5) is 0 Å². The smallest absolute Gasteiger partial charge is 0.273 e. The second kappa shape index (κ2) is 8.01. The van der Waals surface area contributed by atoms with Gasteiger partial charge in [0.2, 0.25) is 0 Å². The molecule has 0 aliphatic carbocycles. The number of amides is 1. The van der Waals surface area contributed by atoms with Gasteiger partial charge in [-0.3, -0.25) is 9.69 Å². The minimum Gasteiger partial charge on any atom is -0.355 e. The summed E-state index contributed by atoms with van der Waals surface area (Å²) in [4.78, 5) is 17.1. The number of benzene rings is 1. The highest BCUT2D eigenvalue weighted by atomic mass is 16.5. The Morgan fingerprint density at radius 3 is 2.62 bits per heavy atom. The monoisotopic (exact) mass is 356 g/mol. The van der Waals surface area contributed by atoms with Gasteiger partial charge in [-0.25, -0.2) is 0 Å². The quantitative estimate of drug-likeness (QED) is 0.891. The molecule has 0 saturated carbocycles. The summed E-state index contributed by atoms with van der Waals surface area (Å²) in [5, 5.41) is 6.91. The van der Waals surface area contributed by atoms with Crippen molar-refractivity contribution in [3.8, 4) is 11.3 Å². The Balaban J connectivity index is 1.57. The zero-order valence-corrected chi connectivity index (χ0v) is 16.1. The number of nitrogens with zero attached hydrogens (tertiary/aromatic N) is 3. The van der Waals surface area contributed by atoms with E-state index in [2.05, 4.69) is 48.1 Å². The number of hydrogen-bond donors (Lipinski definition) is 1. The average Bonchev–Trinajstić information content (AvgIpc) is 3.12. The standard InChI is InChI=1S/C20H28N4O2/c1-14-5-6-17(11-15(14)2)19-12-18(22-26-19)20(25)21-13-16(3)24-9-7-23(4)8-10-24/h5-6,11-12,16H,7-10,13H2,1-4H3,(H,21,25)/t16-/m1/s1. The Morgan fingerprint density at radius 1 is 1.19 bits per heavy atom. The summed E-state index contributed by atoms with van der Waals surface area (Å²) < 4.78 is 5.37. The van der Waals surface area contributed by atoms with E-state index in [0.717, 1.165) is 31.7 Å². The fraction of sp³-hybridized carbons (Fsp3) is 0.500. The summed E-state index contributed by atoms with van der Waals surface area (Å²) in [5.74, 6) is 0.426. The Bertz CT molecular complexity index is 763. The van der Waals surface area contributed by atoms with E-state index in [1.165, 1.54) is 11.1 Å². The van der Waals surface area contributed by atoms with Crippen LogP contribution in [0, 0.1) is 13.8 Å². The number of likely N-dealkylation sites (N-methyl/N-ethyl adjacent to an activating group) is 1. The van der Waals surface area contributed by atoms with Crippen LogP contribution >= 0.6 is 0 Å². The molecular formula is C20H28N4O2. The molecule has 1 N–H and O–H groups in total. The third-order valence-electron chi connectivity index (χ3n) is 5.25. The number of hydrogen-bond acceptors (Lipinski definition) is 5. The second-order valence-electron chi connectivity index (χ2n) is 7.27. The summed E-state index contributed by atoms with van der Waals surface area (Å²) in [5.41, 5.74) is 3.67. The zero-order chi connectivity index (χ0) is 18.7. The molecule has 26 heavy (non-hydrogen) atoms. The third kappa shape index (κ3) is 4.31. The molecule has 0 spiro atoms. The lowest BCUT2D eigenvalue weighted by atomic mass is 10.0. The Kier molecular flexibility index (Phi) is 5.74. The largest absolute Gasteiger partial charge is 0.355 e. The number of carbonyl (C=O) groups excluding carboxylic acids is 1. The molecule has 0 bridgehead atoms. The zero-order valence-electron chi connectivity index (χ0n) is 16.1. The molecule has 0 unspecified atom stereocenters. The van der Waals surface area contributed by atoms with Crippen molar-refractivity contribution in [3.63, 3.8) is 0 Å². The van der Waals surface area contributed by atoms with Crippen LogP contribution in [-0.2, 0) is 0 Å². The molecule has 6 heteroatoms. The lowest BCUT2D eigenvalue weighted by Crippen LogP contribution is -2.51. The van der Waals surface area contributed by atoms with E-state index < -0.39 is 0 Å². The van der Waals surface area contributed by atoms with Crippen molar-refractivity contribution in [3.05, 3.63) is 41.1 Å². The molecule has 2 aromatic rings. The van der Waals surface area contributed by atoms with E-state index in [1.54, 1.807) is 6.07 Å². The van der Waals surface area contributed by atoms with E-state index in [4.69, 9.17) is 4.52 Å². The molecule has 140 valence electrons. The number of rotatable bonds is 5. The molecule has 1 aliphatic rings. The van der Waals surface area contributed by atoms with Gasteiger partial charge in [0.15, 0.2) is 11.5 Å². The number of aromatic nitrogens is 1. The van der Waals surface area contributed by atoms with Crippen molar-refractivity contribution in [2.24, 2.45) is 0 Å². The molecule has 1 amide bonds. The minimum absolute atomic E-state index is 0.190. The van der Waals surface area contributed by atoms with Crippen LogP contribution in [0.25, 0.3) is 11.3 Å². The van der Waals surface area contributed by atoms with Gasteiger partial charge in [-0.05, 0) is 45.0 Å². The van der Waals surface area contributed by atoms with Crippen LogP contribution in [0.5, 0.6) is 0 Å². The Morgan fingerprint density at radius 2 is 1.92 bits per heavy atom. The van der Waals surface area contributed by atoms with Crippen molar-refractivity contribution >= 4 is 5.91 Å². The SMILES string of the molecule is Cc1ccc(-c2cc(C(=O)NC[C@@H](C)N3CCN(C)CC3)no2)cc1C. The third-order valence-corrected chi connectivity index (χ3v) is 5.25. The number of piperazine rings is 1. The van der Waals surface area contributed by atoms with Crippen molar-refractivity contribution in [1.29, 1.82) is 0 Å². The first-order valence-corrected chi connectivity index (χ1v) is 9.19. The molecule has 6 nitrogen and oxygen atoms in total. The predicted octanol–water partition coefficient (Wildman–Crippen LogP) is 2.32. The second-order valence-corrected chi connectivity index (χ2v) is 7.27. The fourth-order valence-corrected chi connectivity index (χ4v) is 3.14. The maximum Gasteiger partial charge on any atom is 0.273 e. The molecular weight excluding hydrogens is 328 g/mol. The number of aryl methyl sites for hydroxylation is 2. The average molecular weight is 356 g/mol. The van der Waals surface area contributed by atoms with Gasteiger partial charge in [0.1, 0.15) is 0 Å². The number of carbonyl (C=O) groups is 1. The lowest BCUT2D eigenvalue weighted by Gasteiger charge is -2.36. The normalized spacial score (nSPS) is 17.2. The minimum atomic E-state index is -0.190. The van der Waals surface area contributed by atoms with Gasteiger partial charge < -0.3 is 14.7 Å². The van der Waals surface area contributed by atoms with Gasteiger partial charge in [-0.15, -0.1) is 0 Å². The van der Waals surface area contributed by atoms with Crippen LogP contribution in [0.1, 0.15) is 28.5 Å². The molecule has 1 saturated heterocycles. The first-order valence-electron chi connectivity index (χ1n) is 9.19.